The molecule has 1 unspecified atom stereocenters. The lowest BCUT2D eigenvalue weighted by Gasteiger charge is -2.14. The Morgan fingerprint density at radius 2 is 2.29 bits per heavy atom. The van der Waals surface area contributed by atoms with E-state index in [1.54, 1.807) is 12.3 Å². The van der Waals surface area contributed by atoms with Gasteiger partial charge in [0.25, 0.3) is 5.22 Å². The molecule has 0 saturated heterocycles. The van der Waals surface area contributed by atoms with Crippen LogP contribution in [0.4, 0.5) is 4.39 Å². The third kappa shape index (κ3) is 2.68. The van der Waals surface area contributed by atoms with E-state index < -0.39 is 0 Å². The van der Waals surface area contributed by atoms with Crippen LogP contribution in [0.15, 0.2) is 45.2 Å². The normalized spacial score (nSPS) is 12.6. The topological polar surface area (TPSA) is 38.1 Å². The summed E-state index contributed by atoms with van der Waals surface area (Å²) in [5, 5.41) is 3.54. The number of rotatable bonds is 4. The first kappa shape index (κ1) is 12.1. The molecule has 0 aliphatic heterocycles. The quantitative estimate of drug-likeness (QED) is 0.906. The number of hydrogen-bond acceptors (Lipinski definition) is 4. The van der Waals surface area contributed by atoms with Crippen LogP contribution in [0, 0.1) is 5.82 Å². The van der Waals surface area contributed by atoms with Crippen LogP contribution in [0.5, 0.6) is 0 Å². The summed E-state index contributed by atoms with van der Waals surface area (Å²) in [5.41, 5.74) is 0.899. The van der Waals surface area contributed by atoms with Crippen molar-refractivity contribution < 1.29 is 8.81 Å². The van der Waals surface area contributed by atoms with Crippen molar-refractivity contribution >= 4 is 11.8 Å². The Morgan fingerprint density at radius 1 is 1.47 bits per heavy atom. The van der Waals surface area contributed by atoms with Gasteiger partial charge in [-0.3, -0.25) is 0 Å². The highest BCUT2D eigenvalue weighted by atomic mass is 32.2. The van der Waals surface area contributed by atoms with Gasteiger partial charge in [-0.1, -0.05) is 12.1 Å². The number of halogens is 1. The van der Waals surface area contributed by atoms with Crippen molar-refractivity contribution in [2.75, 3.05) is 7.05 Å². The number of oxazole rings is 1. The van der Waals surface area contributed by atoms with Crippen LogP contribution in [0.3, 0.4) is 0 Å². The molecule has 0 fully saturated rings. The van der Waals surface area contributed by atoms with Gasteiger partial charge in [0.05, 0.1) is 11.1 Å². The zero-order chi connectivity index (χ0) is 12.3. The summed E-state index contributed by atoms with van der Waals surface area (Å²) in [7, 11) is 1.84. The second-order valence-electron chi connectivity index (χ2n) is 3.57. The van der Waals surface area contributed by atoms with Crippen molar-refractivity contribution in [1.29, 1.82) is 0 Å². The summed E-state index contributed by atoms with van der Waals surface area (Å²) in [6.07, 6.45) is 3.02. The molecule has 3 nitrogen and oxygen atoms in total. The minimum Gasteiger partial charge on any atom is -0.440 e. The summed E-state index contributed by atoms with van der Waals surface area (Å²) in [4.78, 5) is 4.54. The highest BCUT2D eigenvalue weighted by Crippen LogP contribution is 2.34. The van der Waals surface area contributed by atoms with E-state index in [2.05, 4.69) is 10.3 Å². The van der Waals surface area contributed by atoms with E-state index in [4.69, 9.17) is 4.42 Å². The highest BCUT2D eigenvalue weighted by molar-refractivity contribution is 7.99. The van der Waals surface area contributed by atoms with E-state index in [1.807, 2.05) is 20.0 Å². The van der Waals surface area contributed by atoms with Gasteiger partial charge in [0, 0.05) is 6.04 Å². The second-order valence-corrected chi connectivity index (χ2v) is 4.53. The van der Waals surface area contributed by atoms with Gasteiger partial charge in [0.15, 0.2) is 0 Å². The van der Waals surface area contributed by atoms with Crippen molar-refractivity contribution in [3.63, 3.8) is 0 Å². The van der Waals surface area contributed by atoms with Crippen LogP contribution < -0.4 is 5.32 Å². The molecule has 2 aromatic rings. The van der Waals surface area contributed by atoms with Crippen molar-refractivity contribution in [3.05, 3.63) is 42.0 Å². The molecule has 1 aromatic heterocycles. The van der Waals surface area contributed by atoms with E-state index >= 15 is 0 Å². The molecular formula is C12H13FN2OS. The van der Waals surface area contributed by atoms with Gasteiger partial charge in [0.2, 0.25) is 0 Å². The molecule has 0 saturated carbocycles. The Kier molecular flexibility index (Phi) is 3.81. The third-order valence-electron chi connectivity index (χ3n) is 2.50. The molecule has 1 heterocycles. The smallest absolute Gasteiger partial charge is 0.260 e. The van der Waals surface area contributed by atoms with Crippen LogP contribution in [-0.2, 0) is 0 Å². The molecule has 0 radical (unpaired) electrons. The lowest BCUT2D eigenvalue weighted by molar-refractivity contribution is 0.453. The van der Waals surface area contributed by atoms with Gasteiger partial charge in [-0.05, 0) is 37.4 Å². The summed E-state index contributed by atoms with van der Waals surface area (Å²) < 4.78 is 18.9. The molecule has 0 bridgehead atoms. The van der Waals surface area contributed by atoms with Crippen molar-refractivity contribution in [1.82, 2.24) is 10.3 Å². The Labute approximate surface area is 103 Å². The van der Waals surface area contributed by atoms with Crippen molar-refractivity contribution in [3.8, 4) is 0 Å². The first-order chi connectivity index (χ1) is 8.22. The van der Waals surface area contributed by atoms with E-state index in [0.29, 0.717) is 10.1 Å². The van der Waals surface area contributed by atoms with Crippen molar-refractivity contribution in [2.24, 2.45) is 0 Å². The minimum absolute atomic E-state index is 0.0724. The van der Waals surface area contributed by atoms with Crippen LogP contribution in [-0.4, -0.2) is 12.0 Å². The van der Waals surface area contributed by atoms with E-state index in [9.17, 15) is 4.39 Å². The summed E-state index contributed by atoms with van der Waals surface area (Å²) >= 11 is 1.20. The zero-order valence-electron chi connectivity index (χ0n) is 9.61. The fourth-order valence-corrected chi connectivity index (χ4v) is 2.40. The van der Waals surface area contributed by atoms with Gasteiger partial charge in [-0.25, -0.2) is 9.37 Å². The molecule has 1 aromatic carbocycles. The molecule has 1 atom stereocenters. The molecule has 2 rings (SSSR count). The number of nitrogens with one attached hydrogen (secondary N) is 1. The van der Waals surface area contributed by atoms with Gasteiger partial charge in [0.1, 0.15) is 12.1 Å². The van der Waals surface area contributed by atoms with E-state index in [1.165, 1.54) is 24.1 Å². The predicted octanol–water partition coefficient (Wildman–Crippen LogP) is 3.25. The van der Waals surface area contributed by atoms with E-state index in [-0.39, 0.29) is 11.9 Å². The van der Waals surface area contributed by atoms with Gasteiger partial charge < -0.3 is 9.73 Å². The Balaban J connectivity index is 2.37. The summed E-state index contributed by atoms with van der Waals surface area (Å²) in [6, 6.07) is 5.12. The Hall–Kier alpha value is -1.33. The number of aromatic nitrogens is 1. The zero-order valence-corrected chi connectivity index (χ0v) is 10.4. The standard InChI is InChI=1S/C12H13FN2OS/c1-8(14-2)9-4-3-5-10(13)11(9)17-12-15-6-7-16-12/h3-8,14H,1-2H3. The number of nitrogens with zero attached hydrogens (tertiary/aromatic N) is 1. The molecule has 0 amide bonds. The molecule has 0 aliphatic rings. The van der Waals surface area contributed by atoms with Crippen LogP contribution in [0.25, 0.3) is 0 Å². The Morgan fingerprint density at radius 3 is 2.94 bits per heavy atom. The van der Waals surface area contributed by atoms with Crippen LogP contribution >= 0.6 is 11.8 Å². The average molecular weight is 252 g/mol. The second kappa shape index (κ2) is 5.33. The number of benzene rings is 1. The number of hydrogen-bond donors (Lipinski definition) is 1. The lowest BCUT2D eigenvalue weighted by atomic mass is 10.1. The molecule has 17 heavy (non-hydrogen) atoms. The maximum Gasteiger partial charge on any atom is 0.260 e. The first-order valence-corrected chi connectivity index (χ1v) is 6.07. The minimum atomic E-state index is -0.257. The fourth-order valence-electron chi connectivity index (χ4n) is 1.48. The van der Waals surface area contributed by atoms with Gasteiger partial charge in [-0.2, -0.15) is 0 Å². The Bertz CT molecular complexity index is 487. The lowest BCUT2D eigenvalue weighted by Crippen LogP contribution is -2.13. The van der Waals surface area contributed by atoms with Crippen LogP contribution in [0.2, 0.25) is 0 Å². The molecule has 0 spiro atoms. The maximum atomic E-state index is 13.8. The molecular weight excluding hydrogens is 239 g/mol. The van der Waals surface area contributed by atoms with Crippen LogP contribution in [0.1, 0.15) is 18.5 Å². The fraction of sp³-hybridized carbons (Fsp3) is 0.250. The van der Waals surface area contributed by atoms with Crippen molar-refractivity contribution in [2.45, 2.75) is 23.1 Å². The highest BCUT2D eigenvalue weighted by Gasteiger charge is 2.15. The summed E-state index contributed by atoms with van der Waals surface area (Å²) in [6.45, 7) is 1.98. The maximum absolute atomic E-state index is 13.8. The molecule has 5 heteroatoms. The third-order valence-corrected chi connectivity index (χ3v) is 3.51. The predicted molar refractivity (Wildman–Crippen MR) is 64.5 cm³/mol. The van der Waals surface area contributed by atoms with E-state index in [0.717, 1.165) is 5.56 Å². The van der Waals surface area contributed by atoms with Gasteiger partial charge in [-0.15, -0.1) is 0 Å². The largest absolute Gasteiger partial charge is 0.440 e. The molecule has 90 valence electrons. The average Bonchev–Trinajstić information content (AvgIpc) is 2.83. The SMILES string of the molecule is CNC(C)c1cccc(F)c1Sc1ncco1. The summed E-state index contributed by atoms with van der Waals surface area (Å²) in [5.74, 6) is -0.257. The molecule has 0 aliphatic carbocycles. The molecule has 1 N–H and O–H groups in total. The first-order valence-electron chi connectivity index (χ1n) is 5.25. The monoisotopic (exact) mass is 252 g/mol. The van der Waals surface area contributed by atoms with Gasteiger partial charge >= 0.3 is 0 Å².